The Hall–Kier alpha value is -1.17. The molecule has 114 valence electrons. The van der Waals surface area contributed by atoms with Gasteiger partial charge in [0, 0.05) is 31.1 Å². The summed E-state index contributed by atoms with van der Waals surface area (Å²) in [4.78, 5) is 4.52. The van der Waals surface area contributed by atoms with Crippen LogP contribution < -0.4 is 0 Å². The second-order valence-electron chi connectivity index (χ2n) is 4.90. The van der Waals surface area contributed by atoms with E-state index in [2.05, 4.69) is 4.98 Å². The predicted octanol–water partition coefficient (Wildman–Crippen LogP) is 3.26. The fraction of sp³-hybridized carbons (Fsp3) is 0.400. The Bertz CT molecular complexity index is 698. The molecule has 0 aliphatic heterocycles. The highest BCUT2D eigenvalue weighted by Crippen LogP contribution is 2.24. The lowest BCUT2D eigenvalue weighted by Gasteiger charge is -2.18. The number of nitrogens with zero attached hydrogens (tertiary/aromatic N) is 2. The molecule has 6 heteroatoms. The topological polar surface area (TPSA) is 50.3 Å². The first-order valence-corrected chi connectivity index (χ1v) is 8.91. The van der Waals surface area contributed by atoms with Crippen molar-refractivity contribution in [1.82, 2.24) is 9.29 Å². The quantitative estimate of drug-likeness (QED) is 0.579. The Kier molecular flexibility index (Phi) is 5.56. The van der Waals surface area contributed by atoms with Gasteiger partial charge in [-0.1, -0.05) is 12.5 Å². The molecule has 0 fully saturated rings. The zero-order chi connectivity index (χ0) is 15.3. The highest BCUT2D eigenvalue weighted by atomic mass is 35.5. The molecule has 0 amide bonds. The van der Waals surface area contributed by atoms with Crippen LogP contribution >= 0.6 is 11.6 Å². The molecule has 0 spiro atoms. The van der Waals surface area contributed by atoms with E-state index in [-0.39, 0.29) is 0 Å². The molecule has 0 aliphatic carbocycles. The lowest BCUT2D eigenvalue weighted by molar-refractivity contribution is 0.455. The van der Waals surface area contributed by atoms with Crippen molar-refractivity contribution >= 4 is 32.5 Å². The summed E-state index contributed by atoms with van der Waals surface area (Å²) in [6.45, 7) is 0.496. The molecule has 2 rings (SSSR count). The minimum atomic E-state index is -3.49. The number of rotatable bonds is 7. The lowest BCUT2D eigenvalue weighted by atomic mass is 10.2. The Morgan fingerprint density at radius 1 is 1.14 bits per heavy atom. The van der Waals surface area contributed by atoms with Gasteiger partial charge in [0.1, 0.15) is 0 Å². The molecular weight excluding hydrogens is 308 g/mol. The number of benzene rings is 1. The lowest BCUT2D eigenvalue weighted by Crippen LogP contribution is -2.28. The van der Waals surface area contributed by atoms with Crippen LogP contribution in [0, 0.1) is 0 Å². The number of hydrogen-bond donors (Lipinski definition) is 0. The average molecular weight is 327 g/mol. The second-order valence-corrected chi connectivity index (χ2v) is 7.29. The molecule has 0 saturated carbocycles. The third kappa shape index (κ3) is 3.73. The fourth-order valence-corrected chi connectivity index (χ4v) is 3.79. The Morgan fingerprint density at radius 3 is 2.71 bits per heavy atom. The third-order valence-electron chi connectivity index (χ3n) is 3.40. The van der Waals surface area contributed by atoms with Crippen LogP contribution in [0.3, 0.4) is 0 Å². The standard InChI is InChI=1S/C15H19ClN2O2S/c1-18(12-4-2-3-10-16)21(19,20)15-9-5-8-14-13(15)7-6-11-17-14/h5-9,11H,2-4,10,12H2,1H3. The van der Waals surface area contributed by atoms with Crippen molar-refractivity contribution in [2.45, 2.75) is 24.2 Å². The first-order chi connectivity index (χ1) is 10.1. The largest absolute Gasteiger partial charge is 0.256 e. The van der Waals surface area contributed by atoms with E-state index >= 15 is 0 Å². The maximum atomic E-state index is 12.7. The van der Waals surface area contributed by atoms with Crippen LogP contribution in [0.25, 0.3) is 10.9 Å². The van der Waals surface area contributed by atoms with Gasteiger partial charge in [-0.2, -0.15) is 0 Å². The first-order valence-electron chi connectivity index (χ1n) is 6.93. The summed E-state index contributed by atoms with van der Waals surface area (Å²) in [6, 6.07) is 8.71. The summed E-state index contributed by atoms with van der Waals surface area (Å²) in [6.07, 6.45) is 4.31. The zero-order valence-electron chi connectivity index (χ0n) is 12.0. The SMILES string of the molecule is CN(CCCCCCl)S(=O)(=O)c1cccc2ncccc12. The molecule has 21 heavy (non-hydrogen) atoms. The van der Waals surface area contributed by atoms with Gasteiger partial charge in [-0.15, -0.1) is 11.6 Å². The molecule has 0 atom stereocenters. The van der Waals surface area contributed by atoms with E-state index in [0.29, 0.717) is 28.2 Å². The highest BCUT2D eigenvalue weighted by Gasteiger charge is 2.22. The smallest absolute Gasteiger partial charge is 0.243 e. The summed E-state index contributed by atoms with van der Waals surface area (Å²) >= 11 is 5.63. The molecule has 2 aromatic rings. The van der Waals surface area contributed by atoms with Crippen LogP contribution in [0.4, 0.5) is 0 Å². The fourth-order valence-electron chi connectivity index (χ4n) is 2.19. The van der Waals surface area contributed by atoms with Gasteiger partial charge in [0.2, 0.25) is 10.0 Å². The maximum Gasteiger partial charge on any atom is 0.243 e. The minimum Gasteiger partial charge on any atom is -0.256 e. The van der Waals surface area contributed by atoms with E-state index in [1.807, 2.05) is 6.07 Å². The van der Waals surface area contributed by atoms with Gasteiger partial charge in [-0.05, 0) is 37.1 Å². The number of halogens is 1. The number of unbranched alkanes of at least 4 members (excludes halogenated alkanes) is 2. The van der Waals surface area contributed by atoms with E-state index in [1.165, 1.54) is 4.31 Å². The van der Waals surface area contributed by atoms with Crippen molar-refractivity contribution in [1.29, 1.82) is 0 Å². The second kappa shape index (κ2) is 7.20. The van der Waals surface area contributed by atoms with Crippen LogP contribution in [0.2, 0.25) is 0 Å². The normalized spacial score (nSPS) is 12.1. The van der Waals surface area contributed by atoms with Gasteiger partial charge >= 0.3 is 0 Å². The molecule has 0 aliphatic rings. The molecule has 0 bridgehead atoms. The molecule has 0 unspecified atom stereocenters. The number of fused-ring (bicyclic) bond motifs is 1. The van der Waals surface area contributed by atoms with Crippen molar-refractivity contribution in [3.8, 4) is 0 Å². The number of alkyl halides is 1. The van der Waals surface area contributed by atoms with Crippen molar-refractivity contribution in [2.24, 2.45) is 0 Å². The molecule has 1 heterocycles. The maximum absolute atomic E-state index is 12.7. The van der Waals surface area contributed by atoms with E-state index < -0.39 is 10.0 Å². The summed E-state index contributed by atoms with van der Waals surface area (Å²) < 4.78 is 26.8. The predicted molar refractivity (Wildman–Crippen MR) is 86.1 cm³/mol. The van der Waals surface area contributed by atoms with Crippen LogP contribution in [-0.2, 0) is 10.0 Å². The number of aromatic nitrogens is 1. The summed E-state index contributed by atoms with van der Waals surface area (Å²) in [5.41, 5.74) is 0.689. The first kappa shape index (κ1) is 16.2. The van der Waals surface area contributed by atoms with E-state index in [0.717, 1.165) is 19.3 Å². The third-order valence-corrected chi connectivity index (χ3v) is 5.58. The monoisotopic (exact) mass is 326 g/mol. The molecule has 0 N–H and O–H groups in total. The summed E-state index contributed by atoms with van der Waals surface area (Å²) in [7, 11) is -1.88. The zero-order valence-corrected chi connectivity index (χ0v) is 13.6. The molecule has 4 nitrogen and oxygen atoms in total. The average Bonchev–Trinajstić information content (AvgIpc) is 2.50. The van der Waals surface area contributed by atoms with Crippen LogP contribution in [0.1, 0.15) is 19.3 Å². The number of hydrogen-bond acceptors (Lipinski definition) is 3. The van der Waals surface area contributed by atoms with Crippen molar-refractivity contribution in [2.75, 3.05) is 19.5 Å². The van der Waals surface area contributed by atoms with Gasteiger partial charge in [0.25, 0.3) is 0 Å². The Balaban J connectivity index is 2.25. The Morgan fingerprint density at radius 2 is 1.95 bits per heavy atom. The minimum absolute atomic E-state index is 0.313. The summed E-state index contributed by atoms with van der Waals surface area (Å²) in [5.74, 6) is 0.617. The van der Waals surface area contributed by atoms with E-state index in [9.17, 15) is 8.42 Å². The van der Waals surface area contributed by atoms with E-state index in [1.54, 1.807) is 37.5 Å². The van der Waals surface area contributed by atoms with Crippen molar-refractivity contribution in [3.63, 3.8) is 0 Å². The molecule has 1 aromatic carbocycles. The van der Waals surface area contributed by atoms with Gasteiger partial charge in [-0.3, -0.25) is 4.98 Å². The van der Waals surface area contributed by atoms with E-state index in [4.69, 9.17) is 11.6 Å². The van der Waals surface area contributed by atoms with Crippen LogP contribution in [-0.4, -0.2) is 37.2 Å². The highest BCUT2D eigenvalue weighted by molar-refractivity contribution is 7.89. The van der Waals surface area contributed by atoms with Gasteiger partial charge in [0.15, 0.2) is 0 Å². The molecule has 0 radical (unpaired) electrons. The Labute approximate surface area is 130 Å². The molecule has 0 saturated heterocycles. The van der Waals surface area contributed by atoms with Crippen LogP contribution in [0.15, 0.2) is 41.4 Å². The van der Waals surface area contributed by atoms with Crippen molar-refractivity contribution in [3.05, 3.63) is 36.5 Å². The van der Waals surface area contributed by atoms with Crippen LogP contribution in [0.5, 0.6) is 0 Å². The van der Waals surface area contributed by atoms with Gasteiger partial charge in [0.05, 0.1) is 10.4 Å². The number of pyridine rings is 1. The number of sulfonamides is 1. The van der Waals surface area contributed by atoms with Gasteiger partial charge in [-0.25, -0.2) is 12.7 Å². The van der Waals surface area contributed by atoms with Gasteiger partial charge < -0.3 is 0 Å². The van der Waals surface area contributed by atoms with Crippen molar-refractivity contribution < 1.29 is 8.42 Å². The molecular formula is C15H19ClN2O2S. The molecule has 1 aromatic heterocycles. The summed E-state index contributed by atoms with van der Waals surface area (Å²) in [5, 5.41) is 0.660.